The van der Waals surface area contributed by atoms with Crippen LogP contribution in [0.3, 0.4) is 0 Å². The van der Waals surface area contributed by atoms with Crippen LogP contribution in [0, 0.1) is 0 Å². The van der Waals surface area contributed by atoms with E-state index in [-0.39, 0.29) is 0 Å². The van der Waals surface area contributed by atoms with Gasteiger partial charge in [0.1, 0.15) is 0 Å². The molecule has 0 saturated carbocycles. The van der Waals surface area contributed by atoms with E-state index < -0.39 is 15.6 Å². The number of hydrogen-bond acceptors (Lipinski definition) is 2. The van der Waals surface area contributed by atoms with Crippen molar-refractivity contribution in [3.63, 3.8) is 0 Å². The number of hydrogen-bond donors (Lipinski definition) is 1. The molecule has 4 heteroatoms. The lowest BCUT2D eigenvalue weighted by Gasteiger charge is -2.40. The second-order valence-electron chi connectivity index (χ2n) is 7.39. The van der Waals surface area contributed by atoms with Gasteiger partial charge in [-0.2, -0.15) is 4.72 Å². The van der Waals surface area contributed by atoms with Gasteiger partial charge in [-0.05, 0) is 60.1 Å². The second-order valence-corrected chi connectivity index (χ2v) is 9.07. The van der Waals surface area contributed by atoms with Crippen molar-refractivity contribution in [3.05, 3.63) is 101 Å². The number of rotatable bonds is 5. The molecular weight excluding hydrogens is 366 g/mol. The summed E-state index contributed by atoms with van der Waals surface area (Å²) in [6.07, 6.45) is 3.52. The Kier molecular flexibility index (Phi) is 5.09. The first-order chi connectivity index (χ1) is 13.5. The zero-order valence-electron chi connectivity index (χ0n) is 16.1. The molecule has 3 nitrogen and oxygen atoms in total. The van der Waals surface area contributed by atoms with Crippen LogP contribution >= 0.6 is 0 Å². The Morgan fingerprint density at radius 1 is 0.893 bits per heavy atom. The van der Waals surface area contributed by atoms with E-state index in [2.05, 4.69) is 23.8 Å². The topological polar surface area (TPSA) is 46.2 Å². The fourth-order valence-corrected chi connectivity index (χ4v) is 5.61. The quantitative estimate of drug-likeness (QED) is 0.679. The number of fused-ring (bicyclic) bond motifs is 1. The summed E-state index contributed by atoms with van der Waals surface area (Å²) >= 11 is 0. The lowest BCUT2D eigenvalue weighted by atomic mass is 9.73. The Bertz CT molecular complexity index is 1060. The van der Waals surface area contributed by atoms with Gasteiger partial charge in [0.25, 0.3) is 0 Å². The molecule has 1 N–H and O–H groups in total. The van der Waals surface area contributed by atoms with Gasteiger partial charge in [-0.15, -0.1) is 0 Å². The molecular formula is C24H25NO2S. The summed E-state index contributed by atoms with van der Waals surface area (Å²) in [7, 11) is -3.68. The van der Waals surface area contributed by atoms with E-state index in [1.54, 1.807) is 12.1 Å². The van der Waals surface area contributed by atoms with Gasteiger partial charge >= 0.3 is 0 Å². The van der Waals surface area contributed by atoms with Gasteiger partial charge in [0.15, 0.2) is 0 Å². The first-order valence-corrected chi connectivity index (χ1v) is 11.3. The van der Waals surface area contributed by atoms with Crippen molar-refractivity contribution in [2.75, 3.05) is 0 Å². The van der Waals surface area contributed by atoms with Crippen molar-refractivity contribution in [1.29, 1.82) is 0 Å². The molecule has 0 radical (unpaired) electrons. The number of sulfonamides is 1. The normalized spacial score (nSPS) is 19.2. The summed E-state index contributed by atoms with van der Waals surface area (Å²) in [6, 6.07) is 25.3. The Morgan fingerprint density at radius 2 is 1.57 bits per heavy atom. The van der Waals surface area contributed by atoms with Crippen LogP contribution in [0.5, 0.6) is 0 Å². The standard InChI is InChI=1S/C24H25NO2S/c1-2-19-14-16-22(17-15-19)28(26,27)25-24(21-11-4-3-5-12-21)18-8-10-20-9-6-7-13-23(20)24/h3-7,9,11-17,25H,2,8,10,18H2,1H3. The van der Waals surface area contributed by atoms with Gasteiger partial charge in [-0.25, -0.2) is 8.42 Å². The van der Waals surface area contributed by atoms with Crippen molar-refractivity contribution in [2.45, 2.75) is 43.0 Å². The molecule has 28 heavy (non-hydrogen) atoms. The van der Waals surface area contributed by atoms with Crippen molar-refractivity contribution >= 4 is 10.0 Å². The first kappa shape index (κ1) is 18.9. The Hall–Kier alpha value is -2.43. The molecule has 0 heterocycles. The molecule has 0 bridgehead atoms. The minimum Gasteiger partial charge on any atom is -0.207 e. The van der Waals surface area contributed by atoms with E-state index in [0.29, 0.717) is 4.90 Å². The SMILES string of the molecule is CCc1ccc(S(=O)(=O)NC2(c3ccccc3)CCCc3ccccc32)cc1. The molecule has 0 amide bonds. The largest absolute Gasteiger partial charge is 0.241 e. The van der Waals surface area contributed by atoms with Crippen LogP contribution in [0.25, 0.3) is 0 Å². The molecule has 3 aromatic carbocycles. The Labute approximate surface area is 167 Å². The highest BCUT2D eigenvalue weighted by molar-refractivity contribution is 7.89. The maximum Gasteiger partial charge on any atom is 0.241 e. The molecule has 1 aliphatic carbocycles. The van der Waals surface area contributed by atoms with Crippen LogP contribution in [-0.4, -0.2) is 8.42 Å². The zero-order chi connectivity index (χ0) is 19.6. The smallest absolute Gasteiger partial charge is 0.207 e. The average Bonchev–Trinajstić information content (AvgIpc) is 2.74. The highest BCUT2D eigenvalue weighted by atomic mass is 32.2. The predicted molar refractivity (Wildman–Crippen MR) is 113 cm³/mol. The van der Waals surface area contributed by atoms with E-state index in [9.17, 15) is 8.42 Å². The molecule has 1 atom stereocenters. The first-order valence-electron chi connectivity index (χ1n) is 9.82. The van der Waals surface area contributed by atoms with Crippen LogP contribution in [0.15, 0.2) is 83.8 Å². The summed E-state index contributed by atoms with van der Waals surface area (Å²) in [5.74, 6) is 0. The van der Waals surface area contributed by atoms with Crippen molar-refractivity contribution in [3.8, 4) is 0 Å². The number of aryl methyl sites for hydroxylation is 2. The molecule has 0 aliphatic heterocycles. The van der Waals surface area contributed by atoms with Gasteiger partial charge in [0.2, 0.25) is 10.0 Å². The van der Waals surface area contributed by atoms with Crippen molar-refractivity contribution < 1.29 is 8.42 Å². The molecule has 1 aliphatic rings. The molecule has 3 aromatic rings. The zero-order valence-corrected chi connectivity index (χ0v) is 16.9. The monoisotopic (exact) mass is 391 g/mol. The summed E-state index contributed by atoms with van der Waals surface area (Å²) < 4.78 is 29.9. The van der Waals surface area contributed by atoms with Gasteiger partial charge < -0.3 is 0 Å². The van der Waals surface area contributed by atoms with Crippen LogP contribution in [0.2, 0.25) is 0 Å². The lowest BCUT2D eigenvalue weighted by Crippen LogP contribution is -2.48. The predicted octanol–water partition coefficient (Wildman–Crippen LogP) is 4.81. The Balaban J connectivity index is 1.84. The summed E-state index contributed by atoms with van der Waals surface area (Å²) in [4.78, 5) is 0.308. The van der Waals surface area contributed by atoms with E-state index in [1.165, 1.54) is 5.56 Å². The third kappa shape index (κ3) is 3.38. The maximum atomic E-state index is 13.4. The van der Waals surface area contributed by atoms with Crippen LogP contribution in [0.1, 0.15) is 42.0 Å². The summed E-state index contributed by atoms with van der Waals surface area (Å²) in [5, 5.41) is 0. The third-order valence-corrected chi connectivity index (χ3v) is 7.20. The minimum atomic E-state index is -3.68. The summed E-state index contributed by atoms with van der Waals surface area (Å²) in [6.45, 7) is 2.06. The second kappa shape index (κ2) is 7.53. The fraction of sp³-hybridized carbons (Fsp3) is 0.250. The minimum absolute atomic E-state index is 0.308. The molecule has 1 unspecified atom stereocenters. The van der Waals surface area contributed by atoms with Crippen LogP contribution in [-0.2, 0) is 28.4 Å². The molecule has 0 aromatic heterocycles. The molecule has 0 spiro atoms. The van der Waals surface area contributed by atoms with Crippen LogP contribution < -0.4 is 4.72 Å². The van der Waals surface area contributed by atoms with E-state index in [4.69, 9.17) is 0 Å². The van der Waals surface area contributed by atoms with Crippen LogP contribution in [0.4, 0.5) is 0 Å². The fourth-order valence-electron chi connectivity index (χ4n) is 4.21. The van der Waals surface area contributed by atoms with E-state index in [0.717, 1.165) is 42.4 Å². The van der Waals surface area contributed by atoms with Gasteiger partial charge in [-0.3, -0.25) is 0 Å². The molecule has 0 fully saturated rings. The molecule has 4 rings (SSSR count). The third-order valence-electron chi connectivity index (χ3n) is 5.69. The van der Waals surface area contributed by atoms with Gasteiger partial charge in [-0.1, -0.05) is 73.7 Å². The molecule has 0 saturated heterocycles. The molecule has 144 valence electrons. The number of nitrogens with one attached hydrogen (secondary N) is 1. The summed E-state index contributed by atoms with van der Waals surface area (Å²) in [5.41, 5.74) is 3.62. The van der Waals surface area contributed by atoms with E-state index >= 15 is 0 Å². The van der Waals surface area contributed by atoms with E-state index in [1.807, 2.05) is 54.6 Å². The average molecular weight is 392 g/mol. The van der Waals surface area contributed by atoms with Crippen molar-refractivity contribution in [2.24, 2.45) is 0 Å². The number of benzene rings is 3. The highest BCUT2D eigenvalue weighted by Gasteiger charge is 2.41. The lowest BCUT2D eigenvalue weighted by molar-refractivity contribution is 0.397. The highest BCUT2D eigenvalue weighted by Crippen LogP contribution is 2.41. The van der Waals surface area contributed by atoms with Gasteiger partial charge in [0.05, 0.1) is 10.4 Å². The Morgan fingerprint density at radius 3 is 2.29 bits per heavy atom. The van der Waals surface area contributed by atoms with Crippen molar-refractivity contribution in [1.82, 2.24) is 4.72 Å². The maximum absolute atomic E-state index is 13.4. The van der Waals surface area contributed by atoms with Gasteiger partial charge in [0, 0.05) is 0 Å².